The van der Waals surface area contributed by atoms with Crippen LogP contribution < -0.4 is 5.32 Å². The first-order chi connectivity index (χ1) is 13.0. The Labute approximate surface area is 161 Å². The van der Waals surface area contributed by atoms with Gasteiger partial charge in [0.25, 0.3) is 0 Å². The molecule has 0 spiro atoms. The fraction of sp³-hybridized carbons (Fsp3) is 0.619. The lowest BCUT2D eigenvalue weighted by atomic mass is 10.0. The minimum atomic E-state index is -0.349. The maximum Gasteiger partial charge on any atom is 0.237 e. The van der Waals surface area contributed by atoms with Crippen LogP contribution in [0.3, 0.4) is 0 Å². The fourth-order valence-corrected chi connectivity index (χ4v) is 3.92. The summed E-state index contributed by atoms with van der Waals surface area (Å²) in [5, 5.41) is 2.89. The minimum absolute atomic E-state index is 0.0237. The third-order valence-corrected chi connectivity index (χ3v) is 5.53. The maximum atomic E-state index is 12.7. The lowest BCUT2D eigenvalue weighted by Crippen LogP contribution is -2.58. The summed E-state index contributed by atoms with van der Waals surface area (Å²) < 4.78 is 6.00. The van der Waals surface area contributed by atoms with Crippen LogP contribution in [0, 0.1) is 0 Å². The highest BCUT2D eigenvalue weighted by atomic mass is 16.5. The Kier molecular flexibility index (Phi) is 6.85. The number of benzene rings is 1. The smallest absolute Gasteiger partial charge is 0.237 e. The van der Waals surface area contributed by atoms with Gasteiger partial charge in [0.1, 0.15) is 0 Å². The van der Waals surface area contributed by atoms with E-state index < -0.39 is 0 Å². The Morgan fingerprint density at radius 3 is 2.56 bits per heavy atom. The molecule has 2 amide bonds. The molecule has 2 heterocycles. The van der Waals surface area contributed by atoms with E-state index in [2.05, 4.69) is 36.2 Å². The number of ether oxygens (including phenoxy) is 1. The van der Waals surface area contributed by atoms with Gasteiger partial charge < -0.3 is 15.0 Å². The highest BCUT2D eigenvalue weighted by Gasteiger charge is 2.34. The molecular formula is C21H31N3O3. The Balaban J connectivity index is 1.46. The Bertz CT molecular complexity index is 627. The second kappa shape index (κ2) is 9.33. The van der Waals surface area contributed by atoms with Gasteiger partial charge in [-0.25, -0.2) is 0 Å². The molecule has 3 rings (SSSR count). The first kappa shape index (κ1) is 19.8. The van der Waals surface area contributed by atoms with E-state index in [0.29, 0.717) is 26.2 Å². The first-order valence-corrected chi connectivity index (χ1v) is 10.0. The molecular weight excluding hydrogens is 342 g/mol. The topological polar surface area (TPSA) is 61.9 Å². The monoisotopic (exact) mass is 373 g/mol. The van der Waals surface area contributed by atoms with Crippen LogP contribution in [0.15, 0.2) is 30.3 Å². The molecule has 0 aliphatic carbocycles. The zero-order valence-corrected chi connectivity index (χ0v) is 16.4. The van der Waals surface area contributed by atoms with Crippen molar-refractivity contribution in [3.8, 4) is 0 Å². The lowest BCUT2D eigenvalue weighted by Gasteiger charge is -2.39. The van der Waals surface area contributed by atoms with Crippen LogP contribution in [0.2, 0.25) is 0 Å². The van der Waals surface area contributed by atoms with Gasteiger partial charge >= 0.3 is 0 Å². The van der Waals surface area contributed by atoms with Crippen molar-refractivity contribution in [3.63, 3.8) is 0 Å². The zero-order chi connectivity index (χ0) is 19.2. The van der Waals surface area contributed by atoms with Crippen molar-refractivity contribution in [2.45, 2.75) is 57.9 Å². The normalized spacial score (nSPS) is 22.1. The number of amides is 2. The third-order valence-electron chi connectivity index (χ3n) is 5.53. The van der Waals surface area contributed by atoms with Crippen molar-refractivity contribution >= 4 is 11.8 Å². The quantitative estimate of drug-likeness (QED) is 0.826. The average Bonchev–Trinajstić information content (AvgIpc) is 2.69. The van der Waals surface area contributed by atoms with Gasteiger partial charge in [-0.3, -0.25) is 14.5 Å². The van der Waals surface area contributed by atoms with Crippen molar-refractivity contribution in [3.05, 3.63) is 35.9 Å². The van der Waals surface area contributed by atoms with E-state index in [1.54, 1.807) is 0 Å². The van der Waals surface area contributed by atoms with Gasteiger partial charge in [0.05, 0.1) is 25.2 Å². The molecule has 1 unspecified atom stereocenters. The van der Waals surface area contributed by atoms with E-state index in [4.69, 9.17) is 4.74 Å². The largest absolute Gasteiger partial charge is 0.373 e. The van der Waals surface area contributed by atoms with Gasteiger partial charge in [0.15, 0.2) is 0 Å². The molecule has 0 bridgehead atoms. The molecule has 1 N–H and O–H groups in total. The lowest BCUT2D eigenvalue weighted by molar-refractivity contribution is -0.141. The number of nitrogens with zero attached hydrogens (tertiary/aromatic N) is 2. The number of likely N-dealkylation sites (tertiary alicyclic amines) is 1. The number of hydrogen-bond acceptors (Lipinski definition) is 4. The SMILES string of the molecule is CC(C)N1CCNC(=O)C1CC(=O)N1CCC(OCc2ccccc2)CC1. The molecule has 27 heavy (non-hydrogen) atoms. The molecule has 2 aliphatic rings. The van der Waals surface area contributed by atoms with Crippen LogP contribution >= 0.6 is 0 Å². The molecule has 6 heteroatoms. The summed E-state index contributed by atoms with van der Waals surface area (Å²) in [7, 11) is 0. The summed E-state index contributed by atoms with van der Waals surface area (Å²) in [5.74, 6) is 0.0496. The summed E-state index contributed by atoms with van der Waals surface area (Å²) in [6, 6.07) is 10.1. The molecule has 2 saturated heterocycles. The second-order valence-electron chi connectivity index (χ2n) is 7.72. The Morgan fingerprint density at radius 1 is 1.19 bits per heavy atom. The number of hydrogen-bond donors (Lipinski definition) is 1. The van der Waals surface area contributed by atoms with Crippen LogP contribution in [-0.2, 0) is 20.9 Å². The van der Waals surface area contributed by atoms with E-state index in [9.17, 15) is 9.59 Å². The number of piperidine rings is 1. The summed E-state index contributed by atoms with van der Waals surface area (Å²) in [5.41, 5.74) is 1.17. The van der Waals surface area contributed by atoms with Gasteiger partial charge in [-0.2, -0.15) is 0 Å². The van der Waals surface area contributed by atoms with Crippen LogP contribution in [0.25, 0.3) is 0 Å². The van der Waals surface area contributed by atoms with Crippen LogP contribution in [0.5, 0.6) is 0 Å². The summed E-state index contributed by atoms with van der Waals surface area (Å²) >= 11 is 0. The molecule has 0 aromatic heterocycles. The molecule has 6 nitrogen and oxygen atoms in total. The van der Waals surface area contributed by atoms with E-state index in [-0.39, 0.29) is 36.4 Å². The zero-order valence-electron chi connectivity index (χ0n) is 16.4. The molecule has 1 aromatic carbocycles. The van der Waals surface area contributed by atoms with Gasteiger partial charge in [0, 0.05) is 32.2 Å². The van der Waals surface area contributed by atoms with Crippen LogP contribution in [0.1, 0.15) is 38.7 Å². The molecule has 0 radical (unpaired) electrons. The number of nitrogens with one attached hydrogen (secondary N) is 1. The predicted octanol–water partition coefficient (Wildman–Crippen LogP) is 1.79. The fourth-order valence-electron chi connectivity index (χ4n) is 3.92. The predicted molar refractivity (Wildman–Crippen MR) is 104 cm³/mol. The highest BCUT2D eigenvalue weighted by Crippen LogP contribution is 2.19. The molecule has 1 atom stereocenters. The van der Waals surface area contributed by atoms with Crippen LogP contribution in [-0.4, -0.2) is 66.0 Å². The van der Waals surface area contributed by atoms with E-state index in [1.165, 1.54) is 5.56 Å². The highest BCUT2D eigenvalue weighted by molar-refractivity contribution is 5.88. The third kappa shape index (κ3) is 5.30. The number of carbonyl (C=O) groups is 2. The van der Waals surface area contributed by atoms with Crippen molar-refractivity contribution < 1.29 is 14.3 Å². The first-order valence-electron chi connectivity index (χ1n) is 10.0. The standard InChI is InChI=1S/C21H31N3O3/c1-16(2)24-13-10-22-21(26)19(24)14-20(25)23-11-8-18(9-12-23)27-15-17-6-4-3-5-7-17/h3-7,16,18-19H,8-15H2,1-2H3,(H,22,26). The van der Waals surface area contributed by atoms with E-state index in [0.717, 1.165) is 19.4 Å². The summed E-state index contributed by atoms with van der Waals surface area (Å²) in [6.45, 7) is 7.63. The molecule has 2 aliphatic heterocycles. The summed E-state index contributed by atoms with van der Waals surface area (Å²) in [4.78, 5) is 29.0. The average molecular weight is 373 g/mol. The number of carbonyl (C=O) groups excluding carboxylic acids is 2. The number of piperazine rings is 1. The Hall–Kier alpha value is -1.92. The molecule has 0 saturated carbocycles. The van der Waals surface area contributed by atoms with Crippen molar-refractivity contribution in [1.29, 1.82) is 0 Å². The molecule has 1 aromatic rings. The van der Waals surface area contributed by atoms with Gasteiger partial charge in [-0.15, -0.1) is 0 Å². The maximum absolute atomic E-state index is 12.7. The van der Waals surface area contributed by atoms with Gasteiger partial charge in [-0.05, 0) is 32.3 Å². The minimum Gasteiger partial charge on any atom is -0.373 e. The van der Waals surface area contributed by atoms with E-state index >= 15 is 0 Å². The van der Waals surface area contributed by atoms with Gasteiger partial charge in [0.2, 0.25) is 11.8 Å². The summed E-state index contributed by atoms with van der Waals surface area (Å²) in [6.07, 6.45) is 2.16. The van der Waals surface area contributed by atoms with E-state index in [1.807, 2.05) is 23.1 Å². The van der Waals surface area contributed by atoms with Crippen LogP contribution in [0.4, 0.5) is 0 Å². The molecule has 148 valence electrons. The van der Waals surface area contributed by atoms with Gasteiger partial charge in [-0.1, -0.05) is 30.3 Å². The number of rotatable bonds is 6. The second-order valence-corrected chi connectivity index (χ2v) is 7.72. The van der Waals surface area contributed by atoms with Crippen molar-refractivity contribution in [1.82, 2.24) is 15.1 Å². The van der Waals surface area contributed by atoms with Crippen molar-refractivity contribution in [2.75, 3.05) is 26.2 Å². The Morgan fingerprint density at radius 2 is 1.89 bits per heavy atom. The molecule has 2 fully saturated rings. The van der Waals surface area contributed by atoms with Crippen molar-refractivity contribution in [2.24, 2.45) is 0 Å².